The maximum Gasteiger partial charge on any atom is 0.271 e. The molecule has 4 aromatic rings. The van der Waals surface area contributed by atoms with Gasteiger partial charge in [-0.3, -0.25) is 23.8 Å². The van der Waals surface area contributed by atoms with E-state index in [4.69, 9.17) is 0 Å². The van der Waals surface area contributed by atoms with Crippen LogP contribution in [0.15, 0.2) is 47.7 Å². The molecule has 0 radical (unpaired) electrons. The van der Waals surface area contributed by atoms with Crippen molar-refractivity contribution in [3.63, 3.8) is 0 Å². The number of carbonyl (C=O) groups excluding carboxylic acids is 1. The van der Waals surface area contributed by atoms with Gasteiger partial charge in [-0.15, -0.1) is 0 Å². The largest absolute Gasteiger partial charge is 0.493 e. The van der Waals surface area contributed by atoms with Crippen LogP contribution in [0, 0.1) is 23.3 Å². The number of nitrogens with zero attached hydrogens (tertiary/aromatic N) is 6. The van der Waals surface area contributed by atoms with E-state index < -0.39 is 58.1 Å². The first kappa shape index (κ1) is 27.0. The van der Waals surface area contributed by atoms with E-state index in [-0.39, 0.29) is 43.0 Å². The predicted molar refractivity (Wildman–Crippen MR) is 135 cm³/mol. The lowest BCUT2D eigenvalue weighted by Crippen LogP contribution is -2.38. The first-order valence-corrected chi connectivity index (χ1v) is 12.5. The smallest absolute Gasteiger partial charge is 0.271 e. The van der Waals surface area contributed by atoms with Crippen LogP contribution in [-0.2, 0) is 7.05 Å². The lowest BCUT2D eigenvalue weighted by Gasteiger charge is -2.24. The zero-order valence-electron chi connectivity index (χ0n) is 21.5. The first-order chi connectivity index (χ1) is 19.1. The molecule has 9 nitrogen and oxygen atoms in total. The van der Waals surface area contributed by atoms with Crippen molar-refractivity contribution in [2.75, 3.05) is 13.1 Å². The molecule has 5 rings (SSSR count). The molecule has 2 atom stereocenters. The Morgan fingerprint density at radius 1 is 1.10 bits per heavy atom. The summed E-state index contributed by atoms with van der Waals surface area (Å²) < 4.78 is 58.5. The Kier molecular flexibility index (Phi) is 7.13. The molecule has 208 valence electrons. The second-order valence-electron chi connectivity index (χ2n) is 9.60. The molecule has 4 heterocycles. The van der Waals surface area contributed by atoms with Gasteiger partial charge in [-0.2, -0.15) is 10.1 Å². The van der Waals surface area contributed by atoms with Crippen molar-refractivity contribution in [1.29, 1.82) is 0 Å². The highest BCUT2D eigenvalue weighted by Crippen LogP contribution is 2.32. The normalized spacial score (nSPS) is 15.9. The standard InChI is InChI=1S/C27H24F4N6O3/c1-3-21(15-6-17(28)8-18(29)7-15)37-24(16-10-33-35(2)12-16)34-25(38)22(27(37)40)26(39)36-5-4-14(13-36)23-20(31)9-19(30)11-32-23/h6-12,14,21,38H,3-5,13H2,1-2H3. The highest BCUT2D eigenvalue weighted by atomic mass is 19.1. The summed E-state index contributed by atoms with van der Waals surface area (Å²) in [6, 6.07) is 2.61. The number of rotatable bonds is 6. The molecule has 3 aromatic heterocycles. The van der Waals surface area contributed by atoms with E-state index in [9.17, 15) is 32.3 Å². The van der Waals surface area contributed by atoms with Gasteiger partial charge in [0.05, 0.1) is 29.7 Å². The van der Waals surface area contributed by atoms with Gasteiger partial charge in [0.15, 0.2) is 11.4 Å². The summed E-state index contributed by atoms with van der Waals surface area (Å²) in [4.78, 5) is 36.8. The van der Waals surface area contributed by atoms with Crippen LogP contribution in [0.5, 0.6) is 5.88 Å². The minimum atomic E-state index is -0.962. The molecule has 40 heavy (non-hydrogen) atoms. The van der Waals surface area contributed by atoms with Crippen LogP contribution >= 0.6 is 0 Å². The summed E-state index contributed by atoms with van der Waals surface area (Å²) in [6.45, 7) is 1.76. The molecule has 0 spiro atoms. The van der Waals surface area contributed by atoms with Gasteiger partial charge in [-0.1, -0.05) is 6.92 Å². The van der Waals surface area contributed by atoms with Gasteiger partial charge in [0.25, 0.3) is 11.5 Å². The minimum absolute atomic E-state index is 0.0115. The number of aryl methyl sites for hydroxylation is 1. The van der Waals surface area contributed by atoms with Crippen molar-refractivity contribution in [1.82, 2.24) is 29.2 Å². The third-order valence-corrected chi connectivity index (χ3v) is 6.94. The molecule has 2 unspecified atom stereocenters. The molecule has 0 saturated carbocycles. The van der Waals surface area contributed by atoms with Gasteiger partial charge in [-0.25, -0.2) is 17.6 Å². The molecule has 1 N–H and O–H groups in total. The quantitative estimate of drug-likeness (QED) is 0.361. The average Bonchev–Trinajstić information content (AvgIpc) is 3.54. The van der Waals surface area contributed by atoms with E-state index in [1.807, 2.05) is 0 Å². The maximum absolute atomic E-state index is 14.3. The van der Waals surface area contributed by atoms with Crippen molar-refractivity contribution in [3.05, 3.63) is 93.3 Å². The third kappa shape index (κ3) is 4.94. The van der Waals surface area contributed by atoms with Crippen LogP contribution in [0.25, 0.3) is 11.4 Å². The number of hydrogen-bond acceptors (Lipinski definition) is 6. The molecule has 1 aliphatic heterocycles. The van der Waals surface area contributed by atoms with Crippen LogP contribution in [0.3, 0.4) is 0 Å². The Morgan fingerprint density at radius 2 is 1.82 bits per heavy atom. The number of carbonyl (C=O) groups is 1. The zero-order chi connectivity index (χ0) is 28.7. The monoisotopic (exact) mass is 556 g/mol. The predicted octanol–water partition coefficient (Wildman–Crippen LogP) is 3.93. The van der Waals surface area contributed by atoms with Crippen molar-refractivity contribution < 1.29 is 27.5 Å². The summed E-state index contributed by atoms with van der Waals surface area (Å²) in [5.41, 5.74) is -1.14. The maximum atomic E-state index is 14.3. The fourth-order valence-corrected chi connectivity index (χ4v) is 5.13. The number of aromatic nitrogens is 5. The molecule has 1 aromatic carbocycles. The highest BCUT2D eigenvalue weighted by Gasteiger charge is 2.35. The fourth-order valence-electron chi connectivity index (χ4n) is 5.13. The number of pyridine rings is 1. The van der Waals surface area contributed by atoms with Gasteiger partial charge < -0.3 is 10.0 Å². The molecule has 1 aliphatic rings. The summed E-state index contributed by atoms with van der Waals surface area (Å²) in [6.07, 6.45) is 4.28. The van der Waals surface area contributed by atoms with Gasteiger partial charge in [0, 0.05) is 44.4 Å². The number of likely N-dealkylation sites (tertiary alicyclic amines) is 1. The number of hydrogen-bond donors (Lipinski definition) is 1. The Morgan fingerprint density at radius 3 is 2.45 bits per heavy atom. The molecule has 13 heteroatoms. The van der Waals surface area contributed by atoms with Crippen molar-refractivity contribution in [2.24, 2.45) is 7.05 Å². The van der Waals surface area contributed by atoms with Gasteiger partial charge in [0.2, 0.25) is 5.88 Å². The number of amides is 1. The molecular formula is C27H24F4N6O3. The highest BCUT2D eigenvalue weighted by molar-refractivity contribution is 5.96. The second kappa shape index (κ2) is 10.5. The van der Waals surface area contributed by atoms with Crippen molar-refractivity contribution in [3.8, 4) is 17.3 Å². The molecule has 0 bridgehead atoms. The SMILES string of the molecule is CCC(c1cc(F)cc(F)c1)n1c(-c2cnn(C)c2)nc(O)c(C(=O)N2CCC(c3ncc(F)cc3F)C2)c1=O. The van der Waals surface area contributed by atoms with Crippen LogP contribution in [0.1, 0.15) is 53.3 Å². The summed E-state index contributed by atoms with van der Waals surface area (Å²) in [5, 5.41) is 14.9. The van der Waals surface area contributed by atoms with Crippen LogP contribution in [0.2, 0.25) is 0 Å². The topological polar surface area (TPSA) is 106 Å². The molecular weight excluding hydrogens is 532 g/mol. The Balaban J connectivity index is 1.60. The van der Waals surface area contributed by atoms with Gasteiger partial charge >= 0.3 is 0 Å². The Bertz CT molecular complexity index is 1650. The minimum Gasteiger partial charge on any atom is -0.493 e. The van der Waals surface area contributed by atoms with E-state index in [2.05, 4.69) is 15.1 Å². The fraction of sp³-hybridized carbons (Fsp3) is 0.296. The average molecular weight is 557 g/mol. The number of aromatic hydroxyl groups is 1. The molecule has 1 saturated heterocycles. The van der Waals surface area contributed by atoms with Crippen LogP contribution in [0.4, 0.5) is 17.6 Å². The van der Waals surface area contributed by atoms with E-state index in [1.54, 1.807) is 14.0 Å². The first-order valence-electron chi connectivity index (χ1n) is 12.5. The Labute approximate surface area is 225 Å². The zero-order valence-corrected chi connectivity index (χ0v) is 21.5. The lowest BCUT2D eigenvalue weighted by molar-refractivity contribution is 0.0783. The van der Waals surface area contributed by atoms with Crippen LogP contribution < -0.4 is 5.56 Å². The lowest BCUT2D eigenvalue weighted by atomic mass is 10.0. The summed E-state index contributed by atoms with van der Waals surface area (Å²) >= 11 is 0. The van der Waals surface area contributed by atoms with Gasteiger partial charge in [-0.05, 0) is 30.5 Å². The van der Waals surface area contributed by atoms with E-state index in [0.29, 0.717) is 17.7 Å². The number of halogens is 4. The van der Waals surface area contributed by atoms with Crippen molar-refractivity contribution >= 4 is 5.91 Å². The molecule has 0 aliphatic carbocycles. The van der Waals surface area contributed by atoms with Crippen molar-refractivity contribution in [2.45, 2.75) is 31.7 Å². The molecule has 1 fully saturated rings. The Hall–Kier alpha value is -4.55. The van der Waals surface area contributed by atoms with E-state index in [1.165, 1.54) is 22.0 Å². The summed E-state index contributed by atoms with van der Waals surface area (Å²) in [5.74, 6) is -5.68. The van der Waals surface area contributed by atoms with E-state index in [0.717, 1.165) is 22.9 Å². The van der Waals surface area contributed by atoms with E-state index >= 15 is 0 Å². The number of benzene rings is 1. The third-order valence-electron chi connectivity index (χ3n) is 6.94. The molecule has 1 amide bonds. The second-order valence-corrected chi connectivity index (χ2v) is 9.60. The van der Waals surface area contributed by atoms with Crippen LogP contribution in [-0.4, -0.2) is 53.3 Å². The summed E-state index contributed by atoms with van der Waals surface area (Å²) in [7, 11) is 1.63. The van der Waals surface area contributed by atoms with Gasteiger partial charge in [0.1, 0.15) is 23.3 Å².